The molecule has 1 fully saturated rings. The van der Waals surface area contributed by atoms with Gasteiger partial charge in [0, 0.05) is 18.5 Å². The zero-order valence-corrected chi connectivity index (χ0v) is 23.0. The van der Waals surface area contributed by atoms with Crippen molar-refractivity contribution in [2.24, 2.45) is 11.0 Å². The minimum Gasteiger partial charge on any atom is -0.494 e. The first-order valence-corrected chi connectivity index (χ1v) is 11.2. The number of ether oxygens (including phenoxy) is 1. The van der Waals surface area contributed by atoms with Crippen LogP contribution in [0.2, 0.25) is 0 Å². The van der Waals surface area contributed by atoms with Crippen LogP contribution < -0.4 is 66.9 Å². The summed E-state index contributed by atoms with van der Waals surface area (Å²) in [5.74, 6) is 6.99. The second-order valence-electron chi connectivity index (χ2n) is 7.51. The number of amidine groups is 1. The first kappa shape index (κ1) is 26.9. The molecule has 1 aliphatic carbocycles. The summed E-state index contributed by atoms with van der Waals surface area (Å²) >= 11 is 1.39. The smallest absolute Gasteiger partial charge is 0.494 e. The minimum atomic E-state index is -2.74. The van der Waals surface area contributed by atoms with Gasteiger partial charge in [-0.2, -0.15) is 0 Å². The Bertz CT molecular complexity index is 1150. The Morgan fingerprint density at radius 3 is 2.79 bits per heavy atom. The molecular weight excluding hydrogens is 487 g/mol. The number of nitrogens with one attached hydrogen (secondary N) is 2. The Morgan fingerprint density at radius 2 is 2.12 bits per heavy atom. The number of hydrogen-bond acceptors (Lipinski definition) is 6. The summed E-state index contributed by atoms with van der Waals surface area (Å²) in [4.78, 5) is 15.7. The number of amides is 1. The van der Waals surface area contributed by atoms with E-state index in [-0.39, 0.29) is 74.8 Å². The van der Waals surface area contributed by atoms with Crippen molar-refractivity contribution in [3.63, 3.8) is 0 Å². The van der Waals surface area contributed by atoms with Crippen LogP contribution in [0, 0.1) is 17.8 Å². The van der Waals surface area contributed by atoms with E-state index in [0.717, 1.165) is 12.8 Å². The van der Waals surface area contributed by atoms with Gasteiger partial charge in [-0.25, -0.2) is 8.78 Å². The van der Waals surface area contributed by atoms with E-state index in [0.29, 0.717) is 39.2 Å². The molecule has 1 aromatic carbocycles. The van der Waals surface area contributed by atoms with Gasteiger partial charge in [-0.15, -0.1) is 0 Å². The predicted molar refractivity (Wildman–Crippen MR) is 124 cm³/mol. The third-order valence-corrected chi connectivity index (χ3v) is 5.89. The Morgan fingerprint density at radius 1 is 1.32 bits per heavy atom. The van der Waals surface area contributed by atoms with E-state index >= 15 is 0 Å². The maximum atomic E-state index is 13.4. The van der Waals surface area contributed by atoms with Crippen molar-refractivity contribution in [3.8, 4) is 28.7 Å². The number of rotatable bonds is 6. The van der Waals surface area contributed by atoms with Crippen molar-refractivity contribution in [1.29, 1.82) is 0 Å². The molecule has 0 spiro atoms. The maximum Gasteiger partial charge on any atom is 1.00 e. The summed E-state index contributed by atoms with van der Waals surface area (Å²) in [5, 5.41) is 11.8. The number of alkyl halides is 2. The number of benzene rings is 1. The third kappa shape index (κ3) is 6.93. The molecule has 34 heavy (non-hydrogen) atoms. The monoisotopic (exact) mass is 509 g/mol. The van der Waals surface area contributed by atoms with E-state index in [4.69, 9.17) is 4.74 Å². The van der Waals surface area contributed by atoms with E-state index < -0.39 is 6.43 Å². The van der Waals surface area contributed by atoms with E-state index in [1.54, 1.807) is 25.2 Å². The molecule has 1 unspecified atom stereocenters. The molecule has 0 bridgehead atoms. The number of thioether (sulfide) groups is 1. The summed E-state index contributed by atoms with van der Waals surface area (Å²) in [6.45, 7) is 0. The van der Waals surface area contributed by atoms with Crippen LogP contribution in [0.15, 0.2) is 35.6 Å². The van der Waals surface area contributed by atoms with Gasteiger partial charge in [-0.1, -0.05) is 41.8 Å². The van der Waals surface area contributed by atoms with Crippen molar-refractivity contribution < 1.29 is 69.7 Å². The number of pyridine rings is 1. The Hall–Kier alpha value is -1.68. The average molecular weight is 510 g/mol. The number of methoxy groups -OCH3 is 1. The summed E-state index contributed by atoms with van der Waals surface area (Å²) in [6, 6.07) is 6.55. The topological polar surface area (TPSA) is 89.7 Å². The van der Waals surface area contributed by atoms with E-state index in [9.17, 15) is 13.6 Å². The normalized spacial score (nSPS) is 16.5. The van der Waals surface area contributed by atoms with E-state index in [1.165, 1.54) is 31.1 Å². The van der Waals surface area contributed by atoms with E-state index in [1.807, 2.05) is 0 Å². The Balaban J connectivity index is 0.00000324. The van der Waals surface area contributed by atoms with Crippen molar-refractivity contribution >= 4 is 28.5 Å². The number of halogens is 2. The number of likely N-dealkylation sites (N-methyl/N-ethyl adjacent to an activating group) is 1. The molecule has 172 valence electrons. The second-order valence-corrected chi connectivity index (χ2v) is 8.58. The molecule has 2 aromatic rings. The number of carbonyl (C=O) groups is 1. The standard InChI is InChI=1S/C23H23F2N5O2S.K/c1-26-20(31)10-14-5-7-17(28-23-30-29-21(33-23)8-6-13-3-4-13)15(9-14)16-11-18(22(24)25)27-12-19(16)32-2;/h5,7,9,11-13,21-22,29H,3-4,10H2,1-2H3,(H2,26,27,28,30,31);/q;+1/p-1. The SMILES string of the molecule is CNC(=O)Cc1ccc([N-]C2=NNC(C#CC3CC3)S2)c(-c2cc(C(F)F)ncc2OC)c1.[K+]. The summed E-state index contributed by atoms with van der Waals surface area (Å²) in [7, 11) is 3.00. The molecular formula is C23H22F2KN5O2S. The largest absolute Gasteiger partial charge is 1.00 e. The average Bonchev–Trinajstić information content (AvgIpc) is 3.55. The number of nitrogens with zero attached hydrogens (tertiary/aromatic N) is 3. The van der Waals surface area contributed by atoms with Crippen LogP contribution in [0.4, 0.5) is 14.5 Å². The summed E-state index contributed by atoms with van der Waals surface area (Å²) in [6.07, 6.45) is 0.938. The molecule has 1 aromatic heterocycles. The number of aromatic nitrogens is 1. The maximum absolute atomic E-state index is 13.4. The van der Waals surface area contributed by atoms with Gasteiger partial charge in [0.2, 0.25) is 5.91 Å². The van der Waals surface area contributed by atoms with Crippen LogP contribution >= 0.6 is 11.8 Å². The minimum absolute atomic E-state index is 0. The van der Waals surface area contributed by atoms with Crippen molar-refractivity contribution in [2.45, 2.75) is 31.1 Å². The third-order valence-electron chi connectivity index (χ3n) is 5.04. The molecule has 4 rings (SSSR count). The molecule has 1 aliphatic heterocycles. The number of carbonyl (C=O) groups excluding carboxylic acids is 1. The zero-order valence-electron chi connectivity index (χ0n) is 19.1. The van der Waals surface area contributed by atoms with Crippen molar-refractivity contribution in [2.75, 3.05) is 14.2 Å². The molecule has 0 saturated heterocycles. The summed E-state index contributed by atoms with van der Waals surface area (Å²) < 4.78 is 32.1. The van der Waals surface area contributed by atoms with Gasteiger partial charge >= 0.3 is 51.4 Å². The summed E-state index contributed by atoms with van der Waals surface area (Å²) in [5.41, 5.74) is 4.73. The van der Waals surface area contributed by atoms with E-state index in [2.05, 4.69) is 38.0 Å². The zero-order chi connectivity index (χ0) is 23.4. The predicted octanol–water partition coefficient (Wildman–Crippen LogP) is 1.34. The Kier molecular flexibility index (Phi) is 9.76. The van der Waals surface area contributed by atoms with Gasteiger partial charge in [0.05, 0.1) is 19.7 Å². The van der Waals surface area contributed by atoms with Gasteiger partial charge in [0.1, 0.15) is 16.8 Å². The van der Waals surface area contributed by atoms with Gasteiger partial charge in [0.25, 0.3) is 6.43 Å². The molecule has 11 heteroatoms. The fraction of sp³-hybridized carbons (Fsp3) is 0.348. The first-order chi connectivity index (χ1) is 16.0. The van der Waals surface area contributed by atoms with Crippen LogP contribution in [0.3, 0.4) is 0 Å². The molecule has 0 radical (unpaired) electrons. The molecule has 1 saturated carbocycles. The number of hydrogen-bond donors (Lipinski definition) is 2. The first-order valence-electron chi connectivity index (χ1n) is 10.4. The van der Waals surface area contributed by atoms with Crippen molar-refractivity contribution in [1.82, 2.24) is 15.7 Å². The van der Waals surface area contributed by atoms with Crippen LogP contribution in [-0.2, 0) is 11.2 Å². The molecule has 7 nitrogen and oxygen atoms in total. The molecule has 2 N–H and O–H groups in total. The van der Waals surface area contributed by atoms with Crippen LogP contribution in [0.1, 0.15) is 30.5 Å². The molecule has 2 heterocycles. The molecule has 1 atom stereocenters. The number of hydrazone groups is 1. The van der Waals surface area contributed by atoms with Gasteiger partial charge in [-0.05, 0) is 40.9 Å². The fourth-order valence-electron chi connectivity index (χ4n) is 3.14. The second kappa shape index (κ2) is 12.3. The van der Waals surface area contributed by atoms with Gasteiger partial charge in [0.15, 0.2) is 0 Å². The molecule has 2 aliphatic rings. The van der Waals surface area contributed by atoms with Crippen LogP contribution in [-0.4, -0.2) is 35.6 Å². The van der Waals surface area contributed by atoms with Crippen molar-refractivity contribution in [3.05, 3.63) is 47.0 Å². The Labute approximate surface area is 243 Å². The molecule has 1 amide bonds. The van der Waals surface area contributed by atoms with Gasteiger partial charge in [-0.3, -0.25) is 9.78 Å². The quantitative estimate of drug-likeness (QED) is 0.453. The fourth-order valence-corrected chi connectivity index (χ4v) is 3.84. The van der Waals surface area contributed by atoms with Crippen LogP contribution in [0.25, 0.3) is 16.4 Å². The van der Waals surface area contributed by atoms with Crippen LogP contribution in [0.5, 0.6) is 5.75 Å². The van der Waals surface area contributed by atoms with Gasteiger partial charge < -0.3 is 25.9 Å².